The van der Waals surface area contributed by atoms with Crippen molar-refractivity contribution in [1.82, 2.24) is 0 Å². The third kappa shape index (κ3) is 2.25. The number of hydrogen-bond donors (Lipinski definition) is 0. The normalized spacial score (nSPS) is 11.5. The van der Waals surface area contributed by atoms with Crippen molar-refractivity contribution in [2.45, 2.75) is 26.2 Å². The van der Waals surface area contributed by atoms with Crippen LogP contribution in [-0.4, -0.2) is 6.47 Å². The zero-order chi connectivity index (χ0) is 13.4. The van der Waals surface area contributed by atoms with Crippen LogP contribution in [-0.2, 0) is 10.2 Å². The standard InChI is InChI=1S/C11H10F4O2/c1-11(2,3)5-6(12)8(14)10(17-4-16)9(15)7(5)13/h4H,1-3H3. The van der Waals surface area contributed by atoms with E-state index in [1.807, 2.05) is 0 Å². The summed E-state index contributed by atoms with van der Waals surface area (Å²) in [4.78, 5) is 9.98. The van der Waals surface area contributed by atoms with E-state index in [2.05, 4.69) is 4.74 Å². The highest BCUT2D eigenvalue weighted by Crippen LogP contribution is 2.35. The van der Waals surface area contributed by atoms with Gasteiger partial charge in [-0.15, -0.1) is 0 Å². The molecule has 0 bridgehead atoms. The largest absolute Gasteiger partial charge is 0.422 e. The molecular weight excluding hydrogens is 240 g/mol. The Bertz CT molecular complexity index is 435. The van der Waals surface area contributed by atoms with Gasteiger partial charge in [0, 0.05) is 5.56 Å². The van der Waals surface area contributed by atoms with Crippen molar-refractivity contribution in [3.8, 4) is 5.75 Å². The first-order valence-corrected chi connectivity index (χ1v) is 4.68. The number of ether oxygens (including phenoxy) is 1. The van der Waals surface area contributed by atoms with E-state index in [-0.39, 0.29) is 6.47 Å². The van der Waals surface area contributed by atoms with Crippen LogP contribution in [0.1, 0.15) is 26.3 Å². The highest BCUT2D eigenvalue weighted by atomic mass is 19.2. The van der Waals surface area contributed by atoms with Crippen LogP contribution in [0.15, 0.2) is 0 Å². The molecule has 1 aromatic carbocycles. The quantitative estimate of drug-likeness (QED) is 0.458. The second-order valence-corrected chi connectivity index (χ2v) is 4.42. The summed E-state index contributed by atoms with van der Waals surface area (Å²) in [6.45, 7) is 3.88. The van der Waals surface area contributed by atoms with Gasteiger partial charge in [-0.2, -0.15) is 8.78 Å². The maximum atomic E-state index is 13.5. The Morgan fingerprint density at radius 1 is 0.941 bits per heavy atom. The second kappa shape index (κ2) is 4.35. The lowest BCUT2D eigenvalue weighted by atomic mass is 9.86. The number of carbonyl (C=O) groups excluding carboxylic acids is 1. The average molecular weight is 250 g/mol. The Morgan fingerprint density at radius 2 is 1.35 bits per heavy atom. The van der Waals surface area contributed by atoms with Crippen molar-refractivity contribution >= 4 is 6.47 Å². The van der Waals surface area contributed by atoms with E-state index in [4.69, 9.17) is 0 Å². The van der Waals surface area contributed by atoms with E-state index < -0.39 is 40.0 Å². The maximum absolute atomic E-state index is 13.5. The molecule has 0 N–H and O–H groups in total. The number of rotatable bonds is 2. The lowest BCUT2D eigenvalue weighted by molar-refractivity contribution is -0.121. The molecule has 1 rings (SSSR count). The molecule has 0 aliphatic heterocycles. The third-order valence-electron chi connectivity index (χ3n) is 2.14. The fraction of sp³-hybridized carbons (Fsp3) is 0.364. The van der Waals surface area contributed by atoms with Crippen molar-refractivity contribution in [3.63, 3.8) is 0 Å². The van der Waals surface area contributed by atoms with Crippen LogP contribution in [0.25, 0.3) is 0 Å². The molecular formula is C11H10F4O2. The molecule has 94 valence electrons. The molecule has 0 aromatic heterocycles. The van der Waals surface area contributed by atoms with Gasteiger partial charge in [0.05, 0.1) is 0 Å². The van der Waals surface area contributed by atoms with Crippen molar-refractivity contribution in [3.05, 3.63) is 28.8 Å². The fourth-order valence-corrected chi connectivity index (χ4v) is 1.42. The Kier molecular flexibility index (Phi) is 3.45. The summed E-state index contributed by atoms with van der Waals surface area (Å²) in [5.74, 6) is -7.94. The van der Waals surface area contributed by atoms with Gasteiger partial charge in [0.15, 0.2) is 11.6 Å². The molecule has 0 amide bonds. The van der Waals surface area contributed by atoms with Gasteiger partial charge >= 0.3 is 0 Å². The minimum Gasteiger partial charge on any atom is -0.422 e. The lowest BCUT2D eigenvalue weighted by Crippen LogP contribution is -2.19. The number of carbonyl (C=O) groups is 1. The van der Waals surface area contributed by atoms with Gasteiger partial charge in [0.25, 0.3) is 6.47 Å². The van der Waals surface area contributed by atoms with E-state index in [0.717, 1.165) is 0 Å². The molecule has 0 radical (unpaired) electrons. The van der Waals surface area contributed by atoms with E-state index in [9.17, 15) is 22.4 Å². The Labute approximate surface area is 95.2 Å². The lowest BCUT2D eigenvalue weighted by Gasteiger charge is -2.21. The van der Waals surface area contributed by atoms with E-state index in [1.54, 1.807) is 0 Å². The molecule has 0 atom stereocenters. The predicted molar refractivity (Wildman–Crippen MR) is 51.7 cm³/mol. The van der Waals surface area contributed by atoms with Gasteiger partial charge in [-0.25, -0.2) is 8.78 Å². The van der Waals surface area contributed by atoms with Crippen LogP contribution in [0.4, 0.5) is 17.6 Å². The highest BCUT2D eigenvalue weighted by Gasteiger charge is 2.32. The molecule has 0 unspecified atom stereocenters. The second-order valence-electron chi connectivity index (χ2n) is 4.42. The van der Waals surface area contributed by atoms with Gasteiger partial charge in [0.1, 0.15) is 0 Å². The fourth-order valence-electron chi connectivity index (χ4n) is 1.42. The Hall–Kier alpha value is -1.59. The highest BCUT2D eigenvalue weighted by molar-refractivity contribution is 5.48. The van der Waals surface area contributed by atoms with E-state index in [1.165, 1.54) is 20.8 Å². The summed E-state index contributed by atoms with van der Waals surface area (Å²) in [5, 5.41) is 0. The molecule has 0 saturated heterocycles. The van der Waals surface area contributed by atoms with Crippen LogP contribution in [0.2, 0.25) is 0 Å². The average Bonchev–Trinajstić information content (AvgIpc) is 2.20. The van der Waals surface area contributed by atoms with Crippen LogP contribution in [0.5, 0.6) is 5.75 Å². The third-order valence-corrected chi connectivity index (χ3v) is 2.14. The monoisotopic (exact) mass is 250 g/mol. The molecule has 1 aromatic rings. The molecule has 6 heteroatoms. The maximum Gasteiger partial charge on any atom is 0.298 e. The van der Waals surface area contributed by atoms with Gasteiger partial charge < -0.3 is 4.74 Å². The summed E-state index contributed by atoms with van der Waals surface area (Å²) >= 11 is 0. The van der Waals surface area contributed by atoms with Gasteiger partial charge in [-0.3, -0.25) is 4.79 Å². The Morgan fingerprint density at radius 3 is 1.65 bits per heavy atom. The minimum absolute atomic E-state index is 0.308. The first-order chi connectivity index (χ1) is 7.71. The van der Waals surface area contributed by atoms with Gasteiger partial charge in [-0.05, 0) is 5.41 Å². The number of benzene rings is 1. The summed E-state index contributed by atoms with van der Waals surface area (Å²) in [7, 11) is 0. The van der Waals surface area contributed by atoms with Crippen molar-refractivity contribution in [1.29, 1.82) is 0 Å². The smallest absolute Gasteiger partial charge is 0.298 e. The van der Waals surface area contributed by atoms with Crippen LogP contribution >= 0.6 is 0 Å². The zero-order valence-corrected chi connectivity index (χ0v) is 9.41. The van der Waals surface area contributed by atoms with Gasteiger partial charge in [-0.1, -0.05) is 20.8 Å². The molecule has 0 aliphatic carbocycles. The molecule has 17 heavy (non-hydrogen) atoms. The zero-order valence-electron chi connectivity index (χ0n) is 9.41. The van der Waals surface area contributed by atoms with Crippen LogP contribution < -0.4 is 4.74 Å². The van der Waals surface area contributed by atoms with Crippen LogP contribution in [0.3, 0.4) is 0 Å². The number of hydrogen-bond acceptors (Lipinski definition) is 2. The molecule has 0 saturated carbocycles. The summed E-state index contributed by atoms with van der Waals surface area (Å²) in [5.41, 5.74) is -1.86. The SMILES string of the molecule is CC(C)(C)c1c(F)c(F)c(OC=O)c(F)c1F. The first-order valence-electron chi connectivity index (χ1n) is 4.68. The van der Waals surface area contributed by atoms with Crippen molar-refractivity contribution < 1.29 is 27.1 Å². The Balaban J connectivity index is 3.64. The number of halogens is 4. The van der Waals surface area contributed by atoms with Crippen molar-refractivity contribution in [2.24, 2.45) is 0 Å². The summed E-state index contributed by atoms with van der Waals surface area (Å²) < 4.78 is 57.7. The predicted octanol–water partition coefficient (Wildman–Crippen LogP) is 3.08. The van der Waals surface area contributed by atoms with Crippen molar-refractivity contribution in [2.75, 3.05) is 0 Å². The molecule has 0 spiro atoms. The van der Waals surface area contributed by atoms with Gasteiger partial charge in [0.2, 0.25) is 17.4 Å². The van der Waals surface area contributed by atoms with Crippen LogP contribution in [0, 0.1) is 23.3 Å². The van der Waals surface area contributed by atoms with E-state index in [0.29, 0.717) is 0 Å². The summed E-state index contributed by atoms with van der Waals surface area (Å²) in [6, 6.07) is 0. The van der Waals surface area contributed by atoms with E-state index >= 15 is 0 Å². The molecule has 2 nitrogen and oxygen atoms in total. The topological polar surface area (TPSA) is 26.3 Å². The first kappa shape index (κ1) is 13.5. The minimum atomic E-state index is -1.72. The molecule has 0 fully saturated rings. The molecule has 0 heterocycles. The summed E-state index contributed by atoms with van der Waals surface area (Å²) in [6.07, 6.45) is 0. The molecule has 0 aliphatic rings.